The van der Waals surface area contributed by atoms with E-state index >= 15 is 0 Å². The summed E-state index contributed by atoms with van der Waals surface area (Å²) in [7, 11) is 0. The largest absolute Gasteiger partial charge is 0.480 e. The van der Waals surface area contributed by atoms with Crippen LogP contribution in [0, 0.1) is 13.8 Å². The van der Waals surface area contributed by atoms with Crippen molar-refractivity contribution < 1.29 is 24.2 Å². The zero-order valence-electron chi connectivity index (χ0n) is 20.4. The molecule has 4 N–H and O–H groups in total. The third-order valence-electron chi connectivity index (χ3n) is 5.67. The molecular formula is C27H27N5O5. The van der Waals surface area contributed by atoms with Gasteiger partial charge in [-0.1, -0.05) is 18.2 Å². The minimum absolute atomic E-state index is 0.221. The molecule has 4 rings (SSSR count). The summed E-state index contributed by atoms with van der Waals surface area (Å²) in [5.41, 5.74) is 3.15. The van der Waals surface area contributed by atoms with Crippen molar-refractivity contribution in [2.75, 3.05) is 11.9 Å². The molecule has 0 fully saturated rings. The summed E-state index contributed by atoms with van der Waals surface area (Å²) in [6, 6.07) is 14.1. The van der Waals surface area contributed by atoms with Crippen LogP contribution in [0.25, 0.3) is 10.9 Å². The molecule has 0 saturated carbocycles. The van der Waals surface area contributed by atoms with Gasteiger partial charge in [0.05, 0.1) is 5.56 Å². The molecule has 4 aromatic rings. The number of benzene rings is 2. The second kappa shape index (κ2) is 11.3. The van der Waals surface area contributed by atoms with E-state index in [-0.39, 0.29) is 17.7 Å². The predicted octanol–water partition coefficient (Wildman–Crippen LogP) is 3.87. The highest BCUT2D eigenvalue weighted by Gasteiger charge is 2.21. The van der Waals surface area contributed by atoms with Crippen LogP contribution < -0.4 is 15.4 Å². The summed E-state index contributed by atoms with van der Waals surface area (Å²) in [5.74, 6) is -1.44. The Morgan fingerprint density at radius 1 is 1.03 bits per heavy atom. The van der Waals surface area contributed by atoms with Crippen molar-refractivity contribution >= 4 is 34.7 Å². The number of aromatic nitrogens is 3. The Hall–Kier alpha value is -4.73. The van der Waals surface area contributed by atoms with Crippen molar-refractivity contribution in [1.29, 1.82) is 0 Å². The highest BCUT2D eigenvalue weighted by molar-refractivity contribution is 6.04. The standard InChI is InChI=1S/C27H27N5O5/c1-16-14-17(2)31-27(30-16)28-13-5-8-23(25(34)35)32-24(33)18-9-11-19(12-10-18)37-26(36)21-15-29-22-7-4-3-6-20(21)22/h3-4,6-7,9-12,14-15,23,29H,5,8,13H2,1-2H3,(H,32,33)(H,34,35)(H,28,30,31)/t23-/m1/s1. The van der Waals surface area contributed by atoms with E-state index in [1.165, 1.54) is 24.3 Å². The SMILES string of the molecule is Cc1cc(C)nc(NCCC[C@@H](NC(=O)c2ccc(OC(=O)c3c[nH]c4ccccc34)cc2)C(=O)O)n1. The van der Waals surface area contributed by atoms with Crippen molar-refractivity contribution in [2.24, 2.45) is 0 Å². The number of hydrogen-bond donors (Lipinski definition) is 4. The van der Waals surface area contributed by atoms with Crippen LogP contribution in [-0.4, -0.2) is 50.5 Å². The van der Waals surface area contributed by atoms with Crippen molar-refractivity contribution in [2.45, 2.75) is 32.7 Å². The number of H-pyrrole nitrogens is 1. The van der Waals surface area contributed by atoms with Gasteiger partial charge in [-0.15, -0.1) is 0 Å². The second-order valence-electron chi connectivity index (χ2n) is 8.57. The number of anilines is 1. The van der Waals surface area contributed by atoms with Crippen molar-refractivity contribution in [3.8, 4) is 5.75 Å². The first-order chi connectivity index (χ1) is 17.8. The van der Waals surface area contributed by atoms with Gasteiger partial charge in [-0.25, -0.2) is 19.6 Å². The maximum absolute atomic E-state index is 12.6. The molecule has 0 radical (unpaired) electrons. The quantitative estimate of drug-likeness (QED) is 0.146. The molecule has 0 aliphatic carbocycles. The Bertz CT molecular complexity index is 1410. The summed E-state index contributed by atoms with van der Waals surface area (Å²) in [6.45, 7) is 4.20. The number of hydrogen-bond acceptors (Lipinski definition) is 7. The maximum Gasteiger partial charge on any atom is 0.345 e. The van der Waals surface area contributed by atoms with E-state index in [0.717, 1.165) is 22.3 Å². The Kier molecular flexibility index (Phi) is 7.77. The van der Waals surface area contributed by atoms with E-state index in [1.54, 1.807) is 6.20 Å². The van der Waals surface area contributed by atoms with Crippen LogP contribution in [0.3, 0.4) is 0 Å². The Morgan fingerprint density at radius 2 is 1.73 bits per heavy atom. The van der Waals surface area contributed by atoms with Crippen LogP contribution >= 0.6 is 0 Å². The molecule has 1 atom stereocenters. The first-order valence-electron chi connectivity index (χ1n) is 11.8. The molecule has 2 aromatic heterocycles. The topological polar surface area (TPSA) is 146 Å². The number of nitrogens with zero attached hydrogens (tertiary/aromatic N) is 2. The number of carboxylic acids is 1. The number of carboxylic acid groups (broad SMARTS) is 1. The van der Waals surface area contributed by atoms with Crippen LogP contribution in [0.4, 0.5) is 5.95 Å². The fourth-order valence-electron chi connectivity index (χ4n) is 3.89. The number of carbonyl (C=O) groups is 3. The van der Waals surface area contributed by atoms with E-state index < -0.39 is 23.9 Å². The second-order valence-corrected chi connectivity index (χ2v) is 8.57. The Labute approximate surface area is 213 Å². The molecule has 190 valence electrons. The van der Waals surface area contributed by atoms with Gasteiger partial charge in [0, 0.05) is 40.6 Å². The van der Waals surface area contributed by atoms with Crippen LogP contribution in [0.1, 0.15) is 44.9 Å². The van der Waals surface area contributed by atoms with Gasteiger partial charge < -0.3 is 25.5 Å². The van der Waals surface area contributed by atoms with Gasteiger partial charge in [-0.3, -0.25) is 4.79 Å². The van der Waals surface area contributed by atoms with Crippen molar-refractivity contribution in [3.05, 3.63) is 83.3 Å². The number of ether oxygens (including phenoxy) is 1. The summed E-state index contributed by atoms with van der Waals surface area (Å²) in [6.07, 6.45) is 2.29. The normalized spacial score (nSPS) is 11.6. The number of carbonyl (C=O) groups excluding carboxylic acids is 2. The molecule has 0 spiro atoms. The van der Waals surface area contributed by atoms with E-state index in [9.17, 15) is 19.5 Å². The lowest BCUT2D eigenvalue weighted by Crippen LogP contribution is -2.41. The molecule has 0 saturated heterocycles. The van der Waals surface area contributed by atoms with Gasteiger partial charge in [-0.05, 0) is 63.1 Å². The van der Waals surface area contributed by atoms with E-state index in [4.69, 9.17) is 4.74 Å². The molecule has 10 heteroatoms. The smallest absolute Gasteiger partial charge is 0.345 e. The summed E-state index contributed by atoms with van der Waals surface area (Å²) in [5, 5.41) is 15.9. The zero-order valence-corrected chi connectivity index (χ0v) is 20.4. The average molecular weight is 502 g/mol. The molecule has 0 unspecified atom stereocenters. The molecule has 0 aliphatic heterocycles. The van der Waals surface area contributed by atoms with Gasteiger partial charge in [-0.2, -0.15) is 0 Å². The average Bonchev–Trinajstić information content (AvgIpc) is 3.30. The molecule has 10 nitrogen and oxygen atoms in total. The molecule has 0 bridgehead atoms. The molecule has 2 aromatic carbocycles. The van der Waals surface area contributed by atoms with Gasteiger partial charge in [0.25, 0.3) is 5.91 Å². The Morgan fingerprint density at radius 3 is 2.43 bits per heavy atom. The van der Waals surface area contributed by atoms with Crippen molar-refractivity contribution in [1.82, 2.24) is 20.3 Å². The third kappa shape index (κ3) is 6.49. The number of nitrogens with one attached hydrogen (secondary N) is 3. The molecule has 2 heterocycles. The fourth-order valence-corrected chi connectivity index (χ4v) is 3.89. The van der Waals surface area contributed by atoms with Crippen LogP contribution in [-0.2, 0) is 4.79 Å². The number of amides is 1. The van der Waals surface area contributed by atoms with E-state index in [0.29, 0.717) is 24.5 Å². The first-order valence-corrected chi connectivity index (χ1v) is 11.8. The third-order valence-corrected chi connectivity index (χ3v) is 5.67. The zero-order chi connectivity index (χ0) is 26.4. The lowest BCUT2D eigenvalue weighted by atomic mass is 10.1. The number of aromatic amines is 1. The predicted molar refractivity (Wildman–Crippen MR) is 138 cm³/mol. The number of aryl methyl sites for hydroxylation is 2. The summed E-state index contributed by atoms with van der Waals surface area (Å²) in [4.78, 5) is 48.5. The van der Waals surface area contributed by atoms with Gasteiger partial charge >= 0.3 is 11.9 Å². The summed E-state index contributed by atoms with van der Waals surface area (Å²) < 4.78 is 5.44. The highest BCUT2D eigenvalue weighted by Crippen LogP contribution is 2.21. The number of fused-ring (bicyclic) bond motifs is 1. The number of esters is 1. The fraction of sp³-hybridized carbons (Fsp3) is 0.222. The monoisotopic (exact) mass is 501 g/mol. The van der Waals surface area contributed by atoms with Gasteiger partial charge in [0.1, 0.15) is 11.8 Å². The number of para-hydroxylation sites is 1. The van der Waals surface area contributed by atoms with Crippen LogP contribution in [0.5, 0.6) is 5.75 Å². The summed E-state index contributed by atoms with van der Waals surface area (Å²) >= 11 is 0. The van der Waals surface area contributed by atoms with Gasteiger partial charge in [0.2, 0.25) is 5.95 Å². The first kappa shape index (κ1) is 25.4. The van der Waals surface area contributed by atoms with Gasteiger partial charge in [0.15, 0.2) is 0 Å². The van der Waals surface area contributed by atoms with Crippen LogP contribution in [0.15, 0.2) is 60.8 Å². The van der Waals surface area contributed by atoms with Crippen molar-refractivity contribution in [3.63, 3.8) is 0 Å². The molecule has 37 heavy (non-hydrogen) atoms. The van der Waals surface area contributed by atoms with E-state index in [1.807, 2.05) is 44.2 Å². The number of aliphatic carboxylic acids is 1. The minimum Gasteiger partial charge on any atom is -0.480 e. The molecular weight excluding hydrogens is 474 g/mol. The molecule has 1 amide bonds. The lowest BCUT2D eigenvalue weighted by molar-refractivity contribution is -0.139. The lowest BCUT2D eigenvalue weighted by Gasteiger charge is -2.15. The van der Waals surface area contributed by atoms with Crippen LogP contribution in [0.2, 0.25) is 0 Å². The minimum atomic E-state index is -1.12. The maximum atomic E-state index is 12.6. The Balaban J connectivity index is 1.30. The number of rotatable bonds is 10. The highest BCUT2D eigenvalue weighted by atomic mass is 16.5. The molecule has 0 aliphatic rings. The van der Waals surface area contributed by atoms with E-state index in [2.05, 4.69) is 25.6 Å².